The number of para-hydroxylation sites is 1. The van der Waals surface area contributed by atoms with Crippen molar-refractivity contribution in [1.29, 1.82) is 0 Å². The zero-order valence-electron chi connectivity index (χ0n) is 15.7. The Balaban J connectivity index is 1.40. The fraction of sp³-hybridized carbons (Fsp3) is 0.143. The molecule has 0 atom stereocenters. The van der Waals surface area contributed by atoms with Gasteiger partial charge < -0.3 is 15.0 Å². The summed E-state index contributed by atoms with van der Waals surface area (Å²) in [7, 11) is 0. The number of halogens is 2. The van der Waals surface area contributed by atoms with E-state index in [0.29, 0.717) is 22.4 Å². The predicted octanol–water partition coefficient (Wildman–Crippen LogP) is 5.63. The number of aromatic nitrogens is 1. The highest BCUT2D eigenvalue weighted by atomic mass is 35.5. The first-order chi connectivity index (χ1) is 14.6. The number of rotatable bonds is 6. The third-order valence-electron chi connectivity index (χ3n) is 4.21. The van der Waals surface area contributed by atoms with Gasteiger partial charge in [-0.3, -0.25) is 4.79 Å². The Morgan fingerprint density at radius 3 is 2.87 bits per heavy atom. The molecular formula is C21H17ClFN3O2S2. The van der Waals surface area contributed by atoms with Gasteiger partial charge in [0.1, 0.15) is 11.6 Å². The molecule has 0 radical (unpaired) electrons. The summed E-state index contributed by atoms with van der Waals surface area (Å²) in [6.07, 6.45) is 1.89. The lowest BCUT2D eigenvalue weighted by atomic mass is 10.3. The van der Waals surface area contributed by atoms with Crippen LogP contribution >= 0.6 is 34.7 Å². The highest BCUT2D eigenvalue weighted by Crippen LogP contribution is 2.31. The average Bonchev–Trinajstić information content (AvgIpc) is 3.39. The number of ether oxygens (including phenoxy) is 1. The number of nitrogens with one attached hydrogen (secondary N) is 1. The van der Waals surface area contributed by atoms with Gasteiger partial charge in [0.05, 0.1) is 15.7 Å². The fourth-order valence-corrected chi connectivity index (χ4v) is 4.68. The monoisotopic (exact) mass is 461 g/mol. The van der Waals surface area contributed by atoms with Crippen molar-refractivity contribution in [3.63, 3.8) is 0 Å². The molecule has 1 aromatic heterocycles. The maximum absolute atomic E-state index is 13.0. The third kappa shape index (κ3) is 5.13. The average molecular weight is 462 g/mol. The summed E-state index contributed by atoms with van der Waals surface area (Å²) in [5, 5.41) is 7.05. The molecule has 2 heterocycles. The number of hydrogen-bond donors (Lipinski definition) is 1. The SMILES string of the molecule is O=C(COc1ccccc1Cl)N1CCS/C1=C/c1csc(Nc2ccc(F)cc2)n1. The number of amides is 1. The zero-order chi connectivity index (χ0) is 20.9. The van der Waals surface area contributed by atoms with Gasteiger partial charge in [-0.2, -0.15) is 0 Å². The molecule has 5 nitrogen and oxygen atoms in total. The van der Waals surface area contributed by atoms with E-state index in [9.17, 15) is 9.18 Å². The van der Waals surface area contributed by atoms with Crippen molar-refractivity contribution in [2.45, 2.75) is 0 Å². The lowest BCUT2D eigenvalue weighted by Crippen LogP contribution is -2.31. The Kier molecular flexibility index (Phi) is 6.56. The van der Waals surface area contributed by atoms with Gasteiger partial charge in [-0.15, -0.1) is 23.1 Å². The zero-order valence-corrected chi connectivity index (χ0v) is 18.1. The number of hydrogen-bond acceptors (Lipinski definition) is 6. The van der Waals surface area contributed by atoms with Crippen LogP contribution in [0.4, 0.5) is 15.2 Å². The van der Waals surface area contributed by atoms with Crippen LogP contribution in [0.3, 0.4) is 0 Å². The van der Waals surface area contributed by atoms with Crippen molar-refractivity contribution < 1.29 is 13.9 Å². The lowest BCUT2D eigenvalue weighted by molar-refractivity contribution is -0.130. The maximum atomic E-state index is 13.0. The smallest absolute Gasteiger partial charge is 0.265 e. The van der Waals surface area contributed by atoms with Gasteiger partial charge in [-0.05, 0) is 42.5 Å². The van der Waals surface area contributed by atoms with E-state index in [4.69, 9.17) is 16.3 Å². The Bertz CT molecular complexity index is 1070. The molecule has 2 aromatic carbocycles. The quantitative estimate of drug-likeness (QED) is 0.515. The van der Waals surface area contributed by atoms with Crippen LogP contribution < -0.4 is 10.1 Å². The number of carbonyl (C=O) groups excluding carboxylic acids is 1. The summed E-state index contributed by atoms with van der Waals surface area (Å²) in [6, 6.07) is 13.2. The maximum Gasteiger partial charge on any atom is 0.265 e. The molecule has 0 unspecified atom stereocenters. The molecule has 4 rings (SSSR count). The summed E-state index contributed by atoms with van der Waals surface area (Å²) in [6.45, 7) is 0.530. The highest BCUT2D eigenvalue weighted by molar-refractivity contribution is 8.03. The number of nitrogens with zero attached hydrogens (tertiary/aromatic N) is 2. The van der Waals surface area contributed by atoms with Crippen LogP contribution in [0.1, 0.15) is 5.69 Å². The van der Waals surface area contributed by atoms with E-state index < -0.39 is 0 Å². The van der Waals surface area contributed by atoms with Crippen molar-refractivity contribution in [3.05, 3.63) is 75.5 Å². The van der Waals surface area contributed by atoms with Gasteiger partial charge in [0, 0.05) is 23.4 Å². The second-order valence-electron chi connectivity index (χ2n) is 6.30. The molecule has 1 N–H and O–H groups in total. The van der Waals surface area contributed by atoms with E-state index in [1.54, 1.807) is 40.9 Å². The summed E-state index contributed by atoms with van der Waals surface area (Å²) < 4.78 is 18.6. The minimum absolute atomic E-state index is 0.0872. The molecule has 1 fully saturated rings. The van der Waals surface area contributed by atoms with Crippen molar-refractivity contribution in [2.24, 2.45) is 0 Å². The van der Waals surface area contributed by atoms with Gasteiger partial charge in [-0.1, -0.05) is 23.7 Å². The molecule has 1 aliphatic heterocycles. The number of thiazole rings is 1. The number of anilines is 2. The largest absolute Gasteiger partial charge is 0.482 e. The Morgan fingerprint density at radius 2 is 2.07 bits per heavy atom. The molecular weight excluding hydrogens is 445 g/mol. The van der Waals surface area contributed by atoms with Gasteiger partial charge in [0.15, 0.2) is 11.7 Å². The van der Waals surface area contributed by atoms with Gasteiger partial charge in [0.25, 0.3) is 5.91 Å². The summed E-state index contributed by atoms with van der Waals surface area (Å²) >= 11 is 9.11. The number of thioether (sulfide) groups is 1. The van der Waals surface area contributed by atoms with E-state index in [1.165, 1.54) is 23.5 Å². The summed E-state index contributed by atoms with van der Waals surface area (Å²) in [5.74, 6) is 0.882. The van der Waals surface area contributed by atoms with E-state index in [0.717, 1.165) is 22.2 Å². The molecule has 0 saturated carbocycles. The van der Waals surface area contributed by atoms with Crippen molar-refractivity contribution in [2.75, 3.05) is 24.2 Å². The van der Waals surface area contributed by atoms with Gasteiger partial charge in [0.2, 0.25) is 0 Å². The lowest BCUT2D eigenvalue weighted by Gasteiger charge is -2.17. The first-order valence-electron chi connectivity index (χ1n) is 9.09. The van der Waals surface area contributed by atoms with E-state index >= 15 is 0 Å². The van der Waals surface area contributed by atoms with Crippen LogP contribution in [0.2, 0.25) is 5.02 Å². The predicted molar refractivity (Wildman–Crippen MR) is 121 cm³/mol. The molecule has 9 heteroatoms. The van der Waals surface area contributed by atoms with Crippen LogP contribution in [0, 0.1) is 5.82 Å². The van der Waals surface area contributed by atoms with Crippen molar-refractivity contribution in [3.8, 4) is 5.75 Å². The summed E-state index contributed by atoms with van der Waals surface area (Å²) in [5.41, 5.74) is 1.51. The van der Waals surface area contributed by atoms with Crippen molar-refractivity contribution in [1.82, 2.24) is 9.88 Å². The van der Waals surface area contributed by atoms with E-state index in [2.05, 4.69) is 10.3 Å². The minimum atomic E-state index is -0.286. The van der Waals surface area contributed by atoms with Crippen LogP contribution in [0.5, 0.6) is 5.75 Å². The molecule has 154 valence electrons. The molecule has 1 amide bonds. The number of carbonyl (C=O) groups is 1. The first kappa shape index (κ1) is 20.7. The molecule has 1 saturated heterocycles. The molecule has 0 bridgehead atoms. The molecule has 0 aliphatic carbocycles. The standard InChI is InChI=1S/C21H17ClFN3O2S2/c22-17-3-1-2-4-18(17)28-12-19(27)26-9-10-29-20(26)11-16-13-30-21(25-16)24-15-7-5-14(23)6-8-15/h1-8,11,13H,9-10,12H2,(H,24,25)/b20-11+. The van der Waals surface area contributed by atoms with Gasteiger partial charge >= 0.3 is 0 Å². The fourth-order valence-electron chi connectivity index (χ4n) is 2.77. The normalized spacial score (nSPS) is 14.9. The second-order valence-corrected chi connectivity index (χ2v) is 8.69. The Morgan fingerprint density at radius 1 is 1.27 bits per heavy atom. The van der Waals surface area contributed by atoms with Crippen LogP contribution in [-0.2, 0) is 4.79 Å². The van der Waals surface area contributed by atoms with E-state index in [1.807, 2.05) is 23.6 Å². The van der Waals surface area contributed by atoms with E-state index in [-0.39, 0.29) is 18.3 Å². The first-order valence-corrected chi connectivity index (χ1v) is 11.3. The van der Waals surface area contributed by atoms with Gasteiger partial charge in [-0.25, -0.2) is 9.37 Å². The van der Waals surface area contributed by atoms with Crippen LogP contribution in [0.25, 0.3) is 6.08 Å². The third-order valence-corrected chi connectivity index (χ3v) is 6.32. The Labute approximate surface area is 186 Å². The molecule has 0 spiro atoms. The number of benzene rings is 2. The Hall–Kier alpha value is -2.55. The second kappa shape index (κ2) is 9.51. The molecule has 1 aliphatic rings. The van der Waals surface area contributed by atoms with Crippen LogP contribution in [-0.4, -0.2) is 34.7 Å². The topological polar surface area (TPSA) is 54.5 Å². The van der Waals surface area contributed by atoms with Crippen molar-refractivity contribution >= 4 is 57.5 Å². The molecule has 3 aromatic rings. The minimum Gasteiger partial charge on any atom is -0.482 e. The highest BCUT2D eigenvalue weighted by Gasteiger charge is 2.25. The van der Waals surface area contributed by atoms with Crippen LogP contribution in [0.15, 0.2) is 58.9 Å². The summed E-state index contributed by atoms with van der Waals surface area (Å²) in [4.78, 5) is 18.9. The molecule has 30 heavy (non-hydrogen) atoms.